The number of hydrogen-bond acceptors (Lipinski definition) is 11. The minimum absolute atomic E-state index is 0.0636. The van der Waals surface area contributed by atoms with E-state index in [1.54, 1.807) is 18.8 Å². The van der Waals surface area contributed by atoms with Crippen LogP contribution in [0.15, 0.2) is 77.8 Å². The summed E-state index contributed by atoms with van der Waals surface area (Å²) in [6.07, 6.45) is 0.807. The van der Waals surface area contributed by atoms with Gasteiger partial charge in [0.1, 0.15) is 12.6 Å². The van der Waals surface area contributed by atoms with Gasteiger partial charge >= 0.3 is 12.1 Å². The quantitative estimate of drug-likeness (QED) is 0.121. The van der Waals surface area contributed by atoms with Crippen LogP contribution in [0.2, 0.25) is 0 Å². The molecule has 5 rings (SSSR count). The van der Waals surface area contributed by atoms with E-state index < -0.39 is 36.4 Å². The van der Waals surface area contributed by atoms with Crippen molar-refractivity contribution in [3.05, 3.63) is 99.4 Å². The lowest BCUT2D eigenvalue weighted by atomic mass is 9.93. The summed E-state index contributed by atoms with van der Waals surface area (Å²) in [6.45, 7) is 6.98. The number of amides is 4. The van der Waals surface area contributed by atoms with E-state index in [-0.39, 0.29) is 31.4 Å². The molecule has 4 aromatic rings. The molecule has 4 atom stereocenters. The van der Waals surface area contributed by atoms with Gasteiger partial charge in [0.05, 0.1) is 48.0 Å². The van der Waals surface area contributed by atoms with Crippen molar-refractivity contribution in [2.75, 3.05) is 38.3 Å². The fourth-order valence-electron chi connectivity index (χ4n) is 5.99. The third kappa shape index (κ3) is 12.5. The number of hydrogen-bond donors (Lipinski definition) is 4. The van der Waals surface area contributed by atoms with E-state index in [0.29, 0.717) is 26.1 Å². The standard InChI is InChI=1S/C38H49N7O6S2/c1-26(2)34(43-36(48)44(3)22-30-24-52-37(41-30)45-14-16-50-17-15-45)35(47)40-29(18-27-10-6-4-7-11-27)20-33(46)32(19-28-12-8-5-9-13-28)42-38(49)51-23-31-21-39-25-53-31/h4-13,21,24-26,29,32-34,46H,14-20,22-23H2,1-3H3,(H,40,47)(H,42,49)(H,43,48)/t29-,32-,33-,34-/m0/s1. The summed E-state index contributed by atoms with van der Waals surface area (Å²) in [4.78, 5) is 53.5. The van der Waals surface area contributed by atoms with Crippen molar-refractivity contribution in [2.24, 2.45) is 5.92 Å². The van der Waals surface area contributed by atoms with Crippen molar-refractivity contribution in [1.29, 1.82) is 0 Å². The van der Waals surface area contributed by atoms with E-state index in [4.69, 9.17) is 14.5 Å². The molecular weight excluding hydrogens is 715 g/mol. The lowest BCUT2D eigenvalue weighted by Gasteiger charge is -2.30. The van der Waals surface area contributed by atoms with Crippen LogP contribution >= 0.6 is 22.7 Å². The highest BCUT2D eigenvalue weighted by Gasteiger charge is 2.31. The fourth-order valence-corrected chi connectivity index (χ4v) is 7.37. The van der Waals surface area contributed by atoms with Crippen molar-refractivity contribution in [1.82, 2.24) is 30.8 Å². The molecule has 0 aliphatic carbocycles. The summed E-state index contributed by atoms with van der Waals surface area (Å²) in [5, 5.41) is 23.4. The average molecular weight is 764 g/mol. The molecule has 4 N–H and O–H groups in total. The zero-order valence-corrected chi connectivity index (χ0v) is 32.0. The number of aliphatic hydroxyl groups is 1. The van der Waals surface area contributed by atoms with Crippen molar-refractivity contribution >= 4 is 45.8 Å². The van der Waals surface area contributed by atoms with E-state index in [0.717, 1.165) is 39.9 Å². The maximum atomic E-state index is 14.0. The highest BCUT2D eigenvalue weighted by Crippen LogP contribution is 2.22. The molecule has 1 saturated heterocycles. The minimum Gasteiger partial charge on any atom is -0.444 e. The van der Waals surface area contributed by atoms with Crippen LogP contribution in [0.25, 0.3) is 0 Å². The summed E-state index contributed by atoms with van der Waals surface area (Å²) < 4.78 is 10.9. The molecule has 0 unspecified atom stereocenters. The van der Waals surface area contributed by atoms with Crippen molar-refractivity contribution in [3.8, 4) is 0 Å². The number of urea groups is 1. The van der Waals surface area contributed by atoms with Gasteiger partial charge < -0.3 is 40.3 Å². The van der Waals surface area contributed by atoms with E-state index in [1.807, 2.05) is 79.9 Å². The molecular formula is C38H49N7O6S2. The van der Waals surface area contributed by atoms with Gasteiger partial charge in [-0.3, -0.25) is 9.78 Å². The smallest absolute Gasteiger partial charge is 0.407 e. The second-order valence-corrected chi connectivity index (χ2v) is 15.2. The van der Waals surface area contributed by atoms with Crippen LogP contribution in [-0.2, 0) is 40.3 Å². The molecule has 15 heteroatoms. The number of alkyl carbamates (subject to hydrolysis) is 1. The van der Waals surface area contributed by atoms with Crippen LogP contribution in [-0.4, -0.2) is 95.6 Å². The van der Waals surface area contributed by atoms with Gasteiger partial charge in [-0.25, -0.2) is 14.6 Å². The first-order valence-corrected chi connectivity index (χ1v) is 19.6. The molecule has 0 saturated carbocycles. The van der Waals surface area contributed by atoms with Crippen molar-refractivity contribution in [2.45, 2.75) is 70.5 Å². The fraction of sp³-hybridized carbons (Fsp3) is 0.447. The molecule has 0 radical (unpaired) electrons. The Hall–Kier alpha value is -4.57. The Morgan fingerprint density at radius 2 is 1.64 bits per heavy atom. The summed E-state index contributed by atoms with van der Waals surface area (Å²) in [7, 11) is 1.68. The van der Waals surface area contributed by atoms with Crippen molar-refractivity contribution < 1.29 is 29.0 Å². The van der Waals surface area contributed by atoms with E-state index in [1.165, 1.54) is 27.6 Å². The average Bonchev–Trinajstić information content (AvgIpc) is 3.86. The van der Waals surface area contributed by atoms with Gasteiger partial charge in [0.25, 0.3) is 0 Å². The first-order valence-electron chi connectivity index (χ1n) is 17.8. The van der Waals surface area contributed by atoms with Gasteiger partial charge in [-0.15, -0.1) is 22.7 Å². The molecule has 2 aromatic carbocycles. The predicted molar refractivity (Wildman–Crippen MR) is 206 cm³/mol. The highest BCUT2D eigenvalue weighted by molar-refractivity contribution is 7.13. The number of ether oxygens (including phenoxy) is 2. The molecule has 284 valence electrons. The van der Waals surface area contributed by atoms with Gasteiger partial charge in [-0.2, -0.15) is 0 Å². The number of carbonyl (C=O) groups excluding carboxylic acids is 3. The maximum Gasteiger partial charge on any atom is 0.407 e. The van der Waals surface area contributed by atoms with Crippen LogP contribution in [0.1, 0.15) is 42.0 Å². The van der Waals surface area contributed by atoms with Gasteiger partial charge in [0.2, 0.25) is 5.91 Å². The highest BCUT2D eigenvalue weighted by atomic mass is 32.1. The lowest BCUT2D eigenvalue weighted by Crippen LogP contribution is -2.55. The van der Waals surface area contributed by atoms with Gasteiger partial charge in [0, 0.05) is 37.8 Å². The van der Waals surface area contributed by atoms with Crippen molar-refractivity contribution in [3.63, 3.8) is 0 Å². The molecule has 4 amide bonds. The Kier molecular flexibility index (Phi) is 15.0. The zero-order valence-electron chi connectivity index (χ0n) is 30.4. The topological polar surface area (TPSA) is 158 Å². The second kappa shape index (κ2) is 20.0. The molecule has 2 aromatic heterocycles. The number of nitrogens with one attached hydrogen (secondary N) is 3. The van der Waals surface area contributed by atoms with Crippen LogP contribution in [0.5, 0.6) is 0 Å². The summed E-state index contributed by atoms with van der Waals surface area (Å²) in [5.74, 6) is -0.600. The Bertz CT molecular complexity index is 1700. The summed E-state index contributed by atoms with van der Waals surface area (Å²) in [5.41, 5.74) is 4.32. The van der Waals surface area contributed by atoms with Gasteiger partial charge in [-0.1, -0.05) is 74.5 Å². The zero-order chi connectivity index (χ0) is 37.6. The van der Waals surface area contributed by atoms with E-state index in [2.05, 4.69) is 25.8 Å². The largest absolute Gasteiger partial charge is 0.444 e. The predicted octanol–water partition coefficient (Wildman–Crippen LogP) is 4.62. The number of aliphatic hydroxyl groups excluding tert-OH is 1. The molecule has 1 aliphatic heterocycles. The molecule has 1 fully saturated rings. The number of rotatable bonds is 17. The lowest BCUT2D eigenvalue weighted by molar-refractivity contribution is -0.124. The Balaban J connectivity index is 1.25. The monoisotopic (exact) mass is 763 g/mol. The van der Waals surface area contributed by atoms with E-state index >= 15 is 0 Å². The number of nitrogens with zero attached hydrogens (tertiary/aromatic N) is 4. The van der Waals surface area contributed by atoms with Crippen LogP contribution in [0.4, 0.5) is 14.7 Å². The van der Waals surface area contributed by atoms with Crippen LogP contribution in [0, 0.1) is 5.92 Å². The normalized spacial score (nSPS) is 15.2. The SMILES string of the molecule is CC(C)[C@H](NC(=O)N(C)Cc1csc(N2CCOCC2)n1)C(=O)N[C@@H](Cc1ccccc1)C[C@H](O)[C@H](Cc1ccccc1)NC(=O)OCc1cncs1. The molecule has 53 heavy (non-hydrogen) atoms. The molecule has 13 nitrogen and oxygen atoms in total. The number of morpholine rings is 1. The number of carbonyl (C=O) groups is 3. The van der Waals surface area contributed by atoms with Crippen LogP contribution in [0.3, 0.4) is 0 Å². The number of benzene rings is 2. The van der Waals surface area contributed by atoms with E-state index in [9.17, 15) is 19.5 Å². The summed E-state index contributed by atoms with van der Waals surface area (Å²) >= 11 is 2.92. The Morgan fingerprint density at radius 3 is 2.28 bits per heavy atom. The summed E-state index contributed by atoms with van der Waals surface area (Å²) in [6, 6.07) is 16.7. The first kappa shape index (κ1) is 39.6. The Morgan fingerprint density at radius 1 is 0.962 bits per heavy atom. The minimum atomic E-state index is -1.06. The van der Waals surface area contributed by atoms with Gasteiger partial charge in [-0.05, 0) is 36.3 Å². The first-order chi connectivity index (χ1) is 25.6. The number of thiazole rings is 2. The van der Waals surface area contributed by atoms with Crippen LogP contribution < -0.4 is 20.9 Å². The molecule has 0 bridgehead atoms. The number of anilines is 1. The molecule has 0 spiro atoms. The third-order valence-electron chi connectivity index (χ3n) is 8.89. The maximum absolute atomic E-state index is 14.0. The Labute approximate surface area is 318 Å². The third-order valence-corrected chi connectivity index (χ3v) is 10.6. The van der Waals surface area contributed by atoms with Gasteiger partial charge in [0.15, 0.2) is 5.13 Å². The number of aromatic nitrogens is 2. The second-order valence-electron chi connectivity index (χ2n) is 13.4. The molecule has 3 heterocycles. The molecule has 1 aliphatic rings.